The third-order valence-electron chi connectivity index (χ3n) is 2.75. The molecule has 2 nitrogen and oxygen atoms in total. The molecule has 0 saturated heterocycles. The van der Waals surface area contributed by atoms with Crippen LogP contribution in [0, 0.1) is 12.3 Å². The Morgan fingerprint density at radius 3 is 2.64 bits per heavy atom. The van der Waals surface area contributed by atoms with Crippen LogP contribution in [0.3, 0.4) is 0 Å². The van der Waals surface area contributed by atoms with Crippen LogP contribution in [0.5, 0.6) is 11.5 Å². The number of benzene rings is 1. The van der Waals surface area contributed by atoms with Gasteiger partial charge in [0.1, 0.15) is 0 Å². The summed E-state index contributed by atoms with van der Waals surface area (Å²) in [6.45, 7) is 0. The van der Waals surface area contributed by atoms with E-state index in [9.17, 15) is 10.2 Å². The summed E-state index contributed by atoms with van der Waals surface area (Å²) in [5.74, 6) is 2.21. The summed E-state index contributed by atoms with van der Waals surface area (Å²) < 4.78 is 0. The summed E-state index contributed by atoms with van der Waals surface area (Å²) in [7, 11) is 0. The molecule has 1 aliphatic carbocycles. The van der Waals surface area contributed by atoms with Gasteiger partial charge >= 0.3 is 0 Å². The number of hydrogen-bond donors (Lipinski definition) is 2. The van der Waals surface area contributed by atoms with Crippen molar-refractivity contribution >= 4 is 0 Å². The molecule has 0 amide bonds. The van der Waals surface area contributed by atoms with E-state index in [1.165, 1.54) is 0 Å². The van der Waals surface area contributed by atoms with Gasteiger partial charge in [-0.15, -0.1) is 6.42 Å². The third kappa shape index (κ3) is 1.22. The molecule has 0 bridgehead atoms. The zero-order chi connectivity index (χ0) is 10.1. The topological polar surface area (TPSA) is 40.5 Å². The maximum Gasteiger partial charge on any atom is 0.173 e. The van der Waals surface area contributed by atoms with Gasteiger partial charge in [-0.1, -0.05) is 5.92 Å². The lowest BCUT2D eigenvalue weighted by molar-refractivity contribution is 0.400. The molecule has 0 aromatic heterocycles. The highest BCUT2D eigenvalue weighted by Crippen LogP contribution is 2.36. The molecule has 2 N–H and O–H groups in total. The van der Waals surface area contributed by atoms with Gasteiger partial charge in [0.15, 0.2) is 11.5 Å². The molecule has 14 heavy (non-hydrogen) atoms. The molecule has 0 heterocycles. The van der Waals surface area contributed by atoms with Crippen LogP contribution in [0.2, 0.25) is 0 Å². The summed E-state index contributed by atoms with van der Waals surface area (Å²) in [6, 6.07) is 1.63. The van der Waals surface area contributed by atoms with Crippen molar-refractivity contribution in [3.63, 3.8) is 0 Å². The van der Waals surface area contributed by atoms with Crippen molar-refractivity contribution in [1.29, 1.82) is 0 Å². The zero-order valence-electron chi connectivity index (χ0n) is 7.88. The molecule has 72 valence electrons. The van der Waals surface area contributed by atoms with Crippen LogP contribution in [0.1, 0.15) is 29.5 Å². The van der Waals surface area contributed by atoms with Crippen LogP contribution in [0.15, 0.2) is 6.07 Å². The lowest BCUT2D eigenvalue weighted by atomic mass is 9.87. The van der Waals surface area contributed by atoms with Gasteiger partial charge in [0.2, 0.25) is 0 Å². The summed E-state index contributed by atoms with van der Waals surface area (Å²) in [4.78, 5) is 0. The summed E-state index contributed by atoms with van der Waals surface area (Å²) >= 11 is 0. The third-order valence-corrected chi connectivity index (χ3v) is 2.75. The molecule has 1 aliphatic rings. The van der Waals surface area contributed by atoms with Gasteiger partial charge in [0, 0.05) is 0 Å². The lowest BCUT2D eigenvalue weighted by Gasteiger charge is -2.18. The first kappa shape index (κ1) is 8.96. The molecule has 2 rings (SSSR count). The Morgan fingerprint density at radius 1 is 1.21 bits per heavy atom. The second kappa shape index (κ2) is 3.26. The molecule has 1 aromatic carbocycles. The van der Waals surface area contributed by atoms with E-state index in [2.05, 4.69) is 5.92 Å². The van der Waals surface area contributed by atoms with Crippen LogP contribution in [-0.4, -0.2) is 10.2 Å². The molecule has 0 atom stereocenters. The van der Waals surface area contributed by atoms with E-state index in [0.29, 0.717) is 5.56 Å². The number of aromatic hydroxyl groups is 2. The highest BCUT2D eigenvalue weighted by molar-refractivity contribution is 5.60. The Labute approximate surface area is 83.2 Å². The fourth-order valence-electron chi connectivity index (χ4n) is 2.03. The van der Waals surface area contributed by atoms with Crippen molar-refractivity contribution in [1.82, 2.24) is 0 Å². The predicted molar refractivity (Wildman–Crippen MR) is 54.3 cm³/mol. The van der Waals surface area contributed by atoms with Gasteiger partial charge in [0.25, 0.3) is 0 Å². The molecular weight excluding hydrogens is 176 g/mol. The average molecular weight is 188 g/mol. The lowest BCUT2D eigenvalue weighted by Crippen LogP contribution is -2.05. The first-order valence-corrected chi connectivity index (χ1v) is 4.77. The minimum absolute atomic E-state index is 0.0985. The zero-order valence-corrected chi connectivity index (χ0v) is 7.88. The molecular formula is C12H12O2. The Bertz CT molecular complexity index is 413. The summed E-state index contributed by atoms with van der Waals surface area (Å²) in [5, 5.41) is 19.0. The van der Waals surface area contributed by atoms with E-state index in [1.54, 1.807) is 6.07 Å². The minimum atomic E-state index is -0.145. The quantitative estimate of drug-likeness (QED) is 0.482. The Kier molecular flexibility index (Phi) is 2.09. The van der Waals surface area contributed by atoms with E-state index < -0.39 is 0 Å². The van der Waals surface area contributed by atoms with Crippen molar-refractivity contribution in [2.45, 2.75) is 25.7 Å². The Morgan fingerprint density at radius 2 is 1.93 bits per heavy atom. The smallest absolute Gasteiger partial charge is 0.173 e. The fraction of sp³-hybridized carbons (Fsp3) is 0.333. The van der Waals surface area contributed by atoms with E-state index in [-0.39, 0.29) is 11.5 Å². The monoisotopic (exact) mass is 188 g/mol. The summed E-state index contributed by atoms with van der Waals surface area (Å²) in [5.41, 5.74) is 2.59. The van der Waals surface area contributed by atoms with Gasteiger partial charge in [0.05, 0.1) is 5.56 Å². The normalized spacial score (nSPS) is 14.5. The number of phenolic OH excluding ortho intramolecular Hbond substituents is 2. The number of rotatable bonds is 0. The van der Waals surface area contributed by atoms with Gasteiger partial charge in [-0.3, -0.25) is 0 Å². The number of aryl methyl sites for hydroxylation is 1. The van der Waals surface area contributed by atoms with E-state index in [1.807, 2.05) is 0 Å². The molecule has 0 unspecified atom stereocenters. The largest absolute Gasteiger partial charge is 0.504 e. The van der Waals surface area contributed by atoms with Gasteiger partial charge in [-0.2, -0.15) is 0 Å². The average Bonchev–Trinajstić information content (AvgIpc) is 2.20. The Hall–Kier alpha value is -1.62. The highest BCUT2D eigenvalue weighted by Gasteiger charge is 2.18. The van der Waals surface area contributed by atoms with E-state index in [0.717, 1.165) is 36.8 Å². The van der Waals surface area contributed by atoms with Gasteiger partial charge in [-0.25, -0.2) is 0 Å². The second-order valence-corrected chi connectivity index (χ2v) is 3.61. The molecule has 0 aliphatic heterocycles. The van der Waals surface area contributed by atoms with Crippen LogP contribution >= 0.6 is 0 Å². The van der Waals surface area contributed by atoms with Crippen molar-refractivity contribution in [3.8, 4) is 23.8 Å². The van der Waals surface area contributed by atoms with Crippen LogP contribution in [0.4, 0.5) is 0 Å². The van der Waals surface area contributed by atoms with Crippen molar-refractivity contribution < 1.29 is 10.2 Å². The molecule has 1 aromatic rings. The predicted octanol–water partition coefficient (Wildman–Crippen LogP) is 1.96. The van der Waals surface area contributed by atoms with Crippen LogP contribution in [0.25, 0.3) is 0 Å². The number of phenols is 2. The second-order valence-electron chi connectivity index (χ2n) is 3.61. The van der Waals surface area contributed by atoms with Crippen LogP contribution < -0.4 is 0 Å². The maximum absolute atomic E-state index is 9.56. The standard InChI is InChI=1S/C12H12O2/c1-2-9-10-6-4-3-5-8(10)7-11(13)12(9)14/h1,7,13-14H,3-6H2. The van der Waals surface area contributed by atoms with Crippen molar-refractivity contribution in [3.05, 3.63) is 22.8 Å². The maximum atomic E-state index is 9.56. The molecule has 0 saturated carbocycles. The first-order valence-electron chi connectivity index (χ1n) is 4.77. The molecule has 0 spiro atoms. The number of terminal acetylenes is 1. The highest BCUT2D eigenvalue weighted by atomic mass is 16.3. The van der Waals surface area contributed by atoms with Crippen LogP contribution in [-0.2, 0) is 12.8 Å². The molecule has 0 fully saturated rings. The number of hydrogen-bond acceptors (Lipinski definition) is 2. The SMILES string of the molecule is C#Cc1c(O)c(O)cc2c1CCCC2. The molecule has 0 radical (unpaired) electrons. The van der Waals surface area contributed by atoms with Crippen molar-refractivity contribution in [2.75, 3.05) is 0 Å². The minimum Gasteiger partial charge on any atom is -0.504 e. The Balaban J connectivity index is 2.67. The van der Waals surface area contributed by atoms with E-state index in [4.69, 9.17) is 6.42 Å². The van der Waals surface area contributed by atoms with Gasteiger partial charge in [-0.05, 0) is 42.9 Å². The van der Waals surface area contributed by atoms with Crippen molar-refractivity contribution in [2.24, 2.45) is 0 Å². The fourth-order valence-corrected chi connectivity index (χ4v) is 2.03. The number of fused-ring (bicyclic) bond motifs is 1. The molecule has 2 heteroatoms. The summed E-state index contributed by atoms with van der Waals surface area (Å²) in [6.07, 6.45) is 9.40. The first-order chi connectivity index (χ1) is 6.74. The van der Waals surface area contributed by atoms with E-state index >= 15 is 0 Å². The van der Waals surface area contributed by atoms with Gasteiger partial charge < -0.3 is 10.2 Å².